The Balaban J connectivity index is 0.830. The number of fused-ring (bicyclic) bond motifs is 2. The molecule has 1 aliphatic carbocycles. The molecule has 0 bridgehead atoms. The molecule has 1 aromatic carbocycles. The van der Waals surface area contributed by atoms with Crippen molar-refractivity contribution in [2.24, 2.45) is 5.92 Å². The van der Waals surface area contributed by atoms with Gasteiger partial charge in [0.05, 0.1) is 71.8 Å². The molecule has 308 valence electrons. The number of nitriles is 2. The summed E-state index contributed by atoms with van der Waals surface area (Å²) in [6, 6.07) is 15.8. The average Bonchev–Trinajstić information content (AvgIpc) is 4.00. The molecule has 2 N–H and O–H groups in total. The number of benzene rings is 1. The van der Waals surface area contributed by atoms with Crippen LogP contribution in [0.3, 0.4) is 0 Å². The number of amides is 2. The number of nitrogens with zero attached hydrogens (tertiary/aromatic N) is 11. The predicted octanol–water partition coefficient (Wildman–Crippen LogP) is 5.15. The number of carbonyl (C=O) groups is 2. The van der Waals surface area contributed by atoms with E-state index < -0.39 is 6.04 Å². The van der Waals surface area contributed by atoms with Crippen molar-refractivity contribution in [3.63, 3.8) is 0 Å². The third kappa shape index (κ3) is 7.03. The van der Waals surface area contributed by atoms with Crippen LogP contribution in [0, 0.1) is 28.6 Å². The van der Waals surface area contributed by atoms with Crippen LogP contribution in [0.2, 0.25) is 0 Å². The van der Waals surface area contributed by atoms with Gasteiger partial charge in [0.2, 0.25) is 11.8 Å². The molecule has 16 heteroatoms. The molecule has 0 spiro atoms. The minimum Gasteiger partial charge on any atom is -0.377 e. The molecule has 3 aliphatic heterocycles. The van der Waals surface area contributed by atoms with Gasteiger partial charge in [0, 0.05) is 48.8 Å². The van der Waals surface area contributed by atoms with Crippen molar-refractivity contribution in [3.8, 4) is 23.6 Å². The summed E-state index contributed by atoms with van der Waals surface area (Å²) in [6.07, 6.45) is 13.3. The number of pyridine rings is 2. The predicted molar refractivity (Wildman–Crippen MR) is 222 cm³/mol. The van der Waals surface area contributed by atoms with E-state index in [1.807, 2.05) is 24.4 Å². The number of piperazine rings is 1. The molecule has 0 radical (unpaired) electrons. The summed E-state index contributed by atoms with van der Waals surface area (Å²) in [7, 11) is 0. The molecule has 4 fully saturated rings. The van der Waals surface area contributed by atoms with Crippen molar-refractivity contribution in [2.45, 2.75) is 94.7 Å². The number of hydrogen-bond acceptors (Lipinski definition) is 13. The van der Waals surface area contributed by atoms with Gasteiger partial charge in [0.15, 0.2) is 11.5 Å². The Kier molecular flexibility index (Phi) is 10.3. The van der Waals surface area contributed by atoms with Crippen molar-refractivity contribution in [1.29, 1.82) is 10.5 Å². The van der Waals surface area contributed by atoms with Gasteiger partial charge >= 0.3 is 0 Å². The largest absolute Gasteiger partial charge is 0.377 e. The molecule has 4 atom stereocenters. The maximum absolute atomic E-state index is 12.5. The molecule has 5 aromatic rings. The number of imide groups is 1. The van der Waals surface area contributed by atoms with E-state index in [2.05, 4.69) is 78.9 Å². The number of hydrogen-bond donors (Lipinski definition) is 2. The maximum atomic E-state index is 12.5. The first-order valence-corrected chi connectivity index (χ1v) is 20.9. The van der Waals surface area contributed by atoms with Gasteiger partial charge in [0.1, 0.15) is 17.8 Å². The van der Waals surface area contributed by atoms with Crippen LogP contribution in [0.1, 0.15) is 94.4 Å². The second-order valence-corrected chi connectivity index (χ2v) is 17.2. The summed E-state index contributed by atoms with van der Waals surface area (Å²) in [4.78, 5) is 38.5. The van der Waals surface area contributed by atoms with Crippen LogP contribution in [0.15, 0.2) is 61.2 Å². The summed E-state index contributed by atoms with van der Waals surface area (Å²) in [5, 5.41) is 39.0. The van der Waals surface area contributed by atoms with Gasteiger partial charge in [-0.25, -0.2) is 14.6 Å². The first-order valence-electron chi connectivity index (χ1n) is 20.9. The summed E-state index contributed by atoms with van der Waals surface area (Å²) in [6.45, 7) is 10.7. The normalized spacial score (nSPS) is 26.3. The van der Waals surface area contributed by atoms with Gasteiger partial charge in [0.25, 0.3) is 0 Å². The quantitative estimate of drug-likeness (QED) is 0.176. The highest BCUT2D eigenvalue weighted by molar-refractivity contribution is 6.01. The zero-order valence-corrected chi connectivity index (χ0v) is 34.2. The van der Waals surface area contributed by atoms with Crippen LogP contribution in [0.25, 0.3) is 22.5 Å². The number of piperidine rings is 1. The topological polar surface area (TPSA) is 196 Å². The number of carbonyl (C=O) groups excluding carboxylic acids is 2. The highest BCUT2D eigenvalue weighted by Crippen LogP contribution is 2.45. The van der Waals surface area contributed by atoms with E-state index >= 15 is 0 Å². The third-order valence-corrected chi connectivity index (χ3v) is 13.7. The highest BCUT2D eigenvalue weighted by atomic mass is 16.5. The van der Waals surface area contributed by atoms with E-state index in [0.717, 1.165) is 74.1 Å². The van der Waals surface area contributed by atoms with Crippen molar-refractivity contribution in [1.82, 2.24) is 45.0 Å². The standard InChI is InChI=1S/C44H49N13O3/c1-28(20-45)50-36-19-39(57-41-33(23-49-57)18-30(21-46)22-48-41)47-24-38(36)56-25-37(52-53-56)32-6-4-29(5-7-32)14-15-54-16-17-55(44(3)27-60-26-43(44,54)2)34-10-8-31(9-11-34)35-12-13-40(58)51-42(35)59/h8-11,18-19,22-25,28-29,32,35H,4-7,12-17,26-27H2,1-3H3,(H,47,50)(H,51,58,59)/t28-,29?,32?,35?,43-,44+/m1/s1. The van der Waals surface area contributed by atoms with Crippen LogP contribution in [-0.2, 0) is 14.3 Å². The van der Waals surface area contributed by atoms with E-state index in [0.29, 0.717) is 66.3 Å². The van der Waals surface area contributed by atoms with Crippen LogP contribution < -0.4 is 15.5 Å². The van der Waals surface area contributed by atoms with Gasteiger partial charge in [-0.3, -0.25) is 19.8 Å². The number of aromatic nitrogens is 7. The maximum Gasteiger partial charge on any atom is 0.234 e. The molecule has 9 rings (SSSR count). The van der Waals surface area contributed by atoms with E-state index in [1.54, 1.807) is 34.7 Å². The second kappa shape index (κ2) is 15.7. The number of ether oxygens (including phenoxy) is 1. The van der Waals surface area contributed by atoms with Gasteiger partial charge in [-0.05, 0) is 95.5 Å². The third-order valence-electron chi connectivity index (χ3n) is 13.7. The summed E-state index contributed by atoms with van der Waals surface area (Å²) >= 11 is 0. The van der Waals surface area contributed by atoms with Crippen molar-refractivity contribution in [2.75, 3.05) is 43.1 Å². The Morgan fingerprint density at radius 3 is 2.55 bits per heavy atom. The van der Waals surface area contributed by atoms with Gasteiger partial charge < -0.3 is 15.0 Å². The molecular weight excluding hydrogens is 759 g/mol. The highest BCUT2D eigenvalue weighted by Gasteiger charge is 2.59. The number of anilines is 2. The molecule has 2 amide bonds. The Labute approximate surface area is 348 Å². The molecule has 1 saturated carbocycles. The van der Waals surface area contributed by atoms with E-state index in [1.165, 1.54) is 6.20 Å². The minimum absolute atomic E-state index is 0.153. The fourth-order valence-corrected chi connectivity index (χ4v) is 9.88. The van der Waals surface area contributed by atoms with E-state index in [4.69, 9.17) is 9.72 Å². The fourth-order valence-electron chi connectivity index (χ4n) is 9.88. The molecule has 16 nitrogen and oxygen atoms in total. The smallest absolute Gasteiger partial charge is 0.234 e. The van der Waals surface area contributed by atoms with Crippen LogP contribution in [0.4, 0.5) is 11.4 Å². The molecule has 4 aliphatic rings. The minimum atomic E-state index is -0.477. The Bertz CT molecular complexity index is 2510. The first kappa shape index (κ1) is 39.2. The number of nitrogens with one attached hydrogen (secondary N) is 2. The lowest BCUT2D eigenvalue weighted by Crippen LogP contribution is -2.73. The van der Waals surface area contributed by atoms with Gasteiger partial charge in [-0.2, -0.15) is 20.3 Å². The van der Waals surface area contributed by atoms with Crippen molar-refractivity contribution < 1.29 is 14.3 Å². The van der Waals surface area contributed by atoms with Crippen molar-refractivity contribution >= 4 is 34.2 Å². The first-order chi connectivity index (χ1) is 29.1. The SMILES string of the molecule is C[C@H](C#N)Nc1cc(-n2ncc3cc(C#N)cnc32)ncc1-n1cc(C2CCC(CCN3CCN(c4ccc(C5CCC(=O)NC5=O)cc4)[C@@]4(C)COC[C@@]34C)CC2)nn1. The molecule has 3 saturated heterocycles. The number of rotatable bonds is 10. The Morgan fingerprint density at radius 1 is 0.983 bits per heavy atom. The summed E-state index contributed by atoms with van der Waals surface area (Å²) in [5.41, 5.74) is 5.03. The van der Waals surface area contributed by atoms with Crippen LogP contribution in [0.5, 0.6) is 0 Å². The molecule has 4 aromatic heterocycles. The summed E-state index contributed by atoms with van der Waals surface area (Å²) in [5.74, 6) is 0.760. The van der Waals surface area contributed by atoms with Gasteiger partial charge in [-0.15, -0.1) is 5.10 Å². The fraction of sp³-hybridized carbons (Fsp3) is 0.477. The Morgan fingerprint density at radius 2 is 1.78 bits per heavy atom. The molecule has 7 heterocycles. The van der Waals surface area contributed by atoms with Crippen LogP contribution >= 0.6 is 0 Å². The summed E-state index contributed by atoms with van der Waals surface area (Å²) < 4.78 is 9.61. The average molecular weight is 808 g/mol. The molecule has 60 heavy (non-hydrogen) atoms. The lowest BCUT2D eigenvalue weighted by atomic mass is 9.76. The van der Waals surface area contributed by atoms with Crippen molar-refractivity contribution in [3.05, 3.63) is 78.0 Å². The lowest BCUT2D eigenvalue weighted by molar-refractivity contribution is -0.134. The van der Waals surface area contributed by atoms with E-state index in [-0.39, 0.29) is 28.8 Å². The second-order valence-electron chi connectivity index (χ2n) is 17.2. The zero-order valence-electron chi connectivity index (χ0n) is 34.2. The van der Waals surface area contributed by atoms with Crippen LogP contribution in [-0.4, -0.2) is 101 Å². The zero-order chi connectivity index (χ0) is 41.6. The Hall–Kier alpha value is -6.23. The lowest BCUT2D eigenvalue weighted by Gasteiger charge is -2.58. The van der Waals surface area contributed by atoms with E-state index in [9.17, 15) is 20.1 Å². The molecular formula is C44H49N13O3. The molecule has 1 unspecified atom stereocenters. The van der Waals surface area contributed by atoms with Gasteiger partial charge in [-0.1, -0.05) is 17.3 Å². The monoisotopic (exact) mass is 807 g/mol.